The van der Waals surface area contributed by atoms with Gasteiger partial charge in [-0.2, -0.15) is 0 Å². The van der Waals surface area contributed by atoms with Crippen LogP contribution in [0.3, 0.4) is 0 Å². The molecule has 0 bridgehead atoms. The Bertz CT molecular complexity index is 860. The maximum Gasteiger partial charge on any atom is 0.360 e. The van der Waals surface area contributed by atoms with E-state index in [0.717, 1.165) is 15.7 Å². The van der Waals surface area contributed by atoms with Crippen LogP contribution in [0.5, 0.6) is 0 Å². The number of nitrogens with zero attached hydrogens (tertiary/aromatic N) is 2. The molecule has 0 aliphatic rings. The van der Waals surface area contributed by atoms with Crippen molar-refractivity contribution in [1.82, 2.24) is 9.55 Å². The third-order valence-electron chi connectivity index (χ3n) is 4.34. The fourth-order valence-corrected chi connectivity index (χ4v) is 2.61. The van der Waals surface area contributed by atoms with Gasteiger partial charge in [-0.15, -0.1) is 0 Å². The van der Waals surface area contributed by atoms with Crippen LogP contribution in [0.25, 0.3) is 11.0 Å². The molecule has 8 nitrogen and oxygen atoms in total. The molecular formula is C17H22N2O6. The van der Waals surface area contributed by atoms with Gasteiger partial charge in [-0.1, -0.05) is 6.92 Å². The zero-order chi connectivity index (χ0) is 18.9. The van der Waals surface area contributed by atoms with Gasteiger partial charge in [0.25, 0.3) is 5.56 Å². The SMILES string of the molecule is CCC(O)C(O)C(O)Cn1c(=O)c(C(=O)O)nc2cc(C)c(C)cc21. The Morgan fingerprint density at radius 3 is 2.32 bits per heavy atom. The van der Waals surface area contributed by atoms with Gasteiger partial charge in [-0.05, 0) is 43.5 Å². The average Bonchev–Trinajstić information content (AvgIpc) is 2.57. The molecule has 3 unspecified atom stereocenters. The molecule has 1 aromatic heterocycles. The standard InChI is InChI=1S/C17H22N2O6/c1-4-12(20)15(22)13(21)7-19-11-6-9(3)8(2)5-10(11)18-14(16(19)23)17(24)25/h5-6,12-13,15,20-22H,4,7H2,1-3H3,(H,24,25). The van der Waals surface area contributed by atoms with Crippen LogP contribution >= 0.6 is 0 Å². The summed E-state index contributed by atoms with van der Waals surface area (Å²) in [7, 11) is 0. The van der Waals surface area contributed by atoms with E-state index in [9.17, 15) is 30.0 Å². The number of aryl methyl sites for hydroxylation is 2. The normalized spacial score (nSPS) is 15.1. The van der Waals surface area contributed by atoms with Crippen LogP contribution in [-0.2, 0) is 6.54 Å². The second kappa shape index (κ2) is 7.30. The molecule has 1 heterocycles. The number of aliphatic hydroxyl groups excluding tert-OH is 3. The predicted octanol–water partition coefficient (Wildman–Crippen LogP) is 0.204. The van der Waals surface area contributed by atoms with Crippen molar-refractivity contribution in [3.63, 3.8) is 0 Å². The molecule has 25 heavy (non-hydrogen) atoms. The number of fused-ring (bicyclic) bond motifs is 1. The molecule has 2 rings (SSSR count). The molecule has 1 aromatic carbocycles. The van der Waals surface area contributed by atoms with E-state index in [0.29, 0.717) is 11.0 Å². The highest BCUT2D eigenvalue weighted by Gasteiger charge is 2.26. The summed E-state index contributed by atoms with van der Waals surface area (Å²) in [5.74, 6) is -1.47. The van der Waals surface area contributed by atoms with Crippen molar-refractivity contribution in [3.05, 3.63) is 39.3 Å². The number of hydrogen-bond acceptors (Lipinski definition) is 6. The van der Waals surface area contributed by atoms with Gasteiger partial charge < -0.3 is 25.0 Å². The topological polar surface area (TPSA) is 133 Å². The summed E-state index contributed by atoms with van der Waals surface area (Å²) in [5, 5.41) is 39.0. The van der Waals surface area contributed by atoms with Gasteiger partial charge >= 0.3 is 5.97 Å². The monoisotopic (exact) mass is 350 g/mol. The summed E-state index contributed by atoms with van der Waals surface area (Å²) in [5.41, 5.74) is 0.875. The van der Waals surface area contributed by atoms with Crippen molar-refractivity contribution in [2.45, 2.75) is 52.0 Å². The summed E-state index contributed by atoms with van der Waals surface area (Å²) in [6.07, 6.45) is -3.83. The van der Waals surface area contributed by atoms with Crippen LogP contribution in [0.15, 0.2) is 16.9 Å². The Hall–Kier alpha value is -2.29. The number of carboxylic acids is 1. The first-order valence-electron chi connectivity index (χ1n) is 7.96. The van der Waals surface area contributed by atoms with Crippen molar-refractivity contribution in [2.75, 3.05) is 0 Å². The minimum atomic E-state index is -1.47. The Morgan fingerprint density at radius 2 is 1.76 bits per heavy atom. The van der Waals surface area contributed by atoms with Crippen molar-refractivity contribution in [3.8, 4) is 0 Å². The molecule has 4 N–H and O–H groups in total. The Kier molecular flexibility index (Phi) is 5.56. The summed E-state index contributed by atoms with van der Waals surface area (Å²) >= 11 is 0. The first kappa shape index (κ1) is 19.0. The second-order valence-corrected chi connectivity index (χ2v) is 6.14. The van der Waals surface area contributed by atoms with Crippen LogP contribution in [0.2, 0.25) is 0 Å². The first-order valence-corrected chi connectivity index (χ1v) is 7.96. The average molecular weight is 350 g/mol. The smallest absolute Gasteiger partial charge is 0.360 e. The molecule has 8 heteroatoms. The van der Waals surface area contributed by atoms with Crippen molar-refractivity contribution in [2.24, 2.45) is 0 Å². The van der Waals surface area contributed by atoms with Crippen LogP contribution in [0.4, 0.5) is 0 Å². The summed E-state index contributed by atoms with van der Waals surface area (Å²) in [4.78, 5) is 27.7. The lowest BCUT2D eigenvalue weighted by Crippen LogP contribution is -2.42. The summed E-state index contributed by atoms with van der Waals surface area (Å²) in [6, 6.07) is 3.34. The Labute approximate surface area is 144 Å². The van der Waals surface area contributed by atoms with Crippen LogP contribution < -0.4 is 5.56 Å². The Morgan fingerprint density at radius 1 is 1.16 bits per heavy atom. The van der Waals surface area contributed by atoms with Gasteiger partial charge in [-0.3, -0.25) is 4.79 Å². The van der Waals surface area contributed by atoms with E-state index in [4.69, 9.17) is 0 Å². The van der Waals surface area contributed by atoms with Crippen molar-refractivity contribution >= 4 is 17.0 Å². The lowest BCUT2D eigenvalue weighted by molar-refractivity contribution is -0.0651. The zero-order valence-corrected chi connectivity index (χ0v) is 14.3. The maximum absolute atomic E-state index is 12.5. The van der Waals surface area contributed by atoms with E-state index in [1.807, 2.05) is 13.8 Å². The maximum atomic E-state index is 12.5. The van der Waals surface area contributed by atoms with Gasteiger partial charge in [0.1, 0.15) is 12.2 Å². The molecular weight excluding hydrogens is 328 g/mol. The van der Waals surface area contributed by atoms with Crippen LogP contribution in [0.1, 0.15) is 35.0 Å². The largest absolute Gasteiger partial charge is 0.476 e. The highest BCUT2D eigenvalue weighted by molar-refractivity contribution is 5.88. The van der Waals surface area contributed by atoms with Gasteiger partial charge in [0, 0.05) is 0 Å². The number of aromatic nitrogens is 2. The van der Waals surface area contributed by atoms with E-state index >= 15 is 0 Å². The quantitative estimate of drug-likeness (QED) is 0.585. The number of rotatable bonds is 6. The third kappa shape index (κ3) is 3.71. The van der Waals surface area contributed by atoms with Gasteiger partial charge in [0.15, 0.2) is 0 Å². The fraction of sp³-hybridized carbons (Fsp3) is 0.471. The summed E-state index contributed by atoms with van der Waals surface area (Å²) < 4.78 is 1.08. The molecule has 0 aliphatic heterocycles. The molecule has 2 aromatic rings. The van der Waals surface area contributed by atoms with E-state index < -0.39 is 35.5 Å². The second-order valence-electron chi connectivity index (χ2n) is 6.14. The van der Waals surface area contributed by atoms with Gasteiger partial charge in [0.05, 0.1) is 23.7 Å². The lowest BCUT2D eigenvalue weighted by atomic mass is 10.1. The highest BCUT2D eigenvalue weighted by Crippen LogP contribution is 2.18. The number of aromatic carboxylic acids is 1. The number of carbonyl (C=O) groups is 1. The van der Waals surface area contributed by atoms with E-state index in [1.54, 1.807) is 19.1 Å². The molecule has 0 spiro atoms. The molecule has 3 atom stereocenters. The number of hydrogen-bond donors (Lipinski definition) is 4. The zero-order valence-electron chi connectivity index (χ0n) is 14.3. The molecule has 0 aliphatic carbocycles. The minimum Gasteiger partial charge on any atom is -0.476 e. The highest BCUT2D eigenvalue weighted by atomic mass is 16.4. The molecule has 136 valence electrons. The van der Waals surface area contributed by atoms with Gasteiger partial charge in [0.2, 0.25) is 5.69 Å². The molecule has 0 radical (unpaired) electrons. The number of carboxylic acid groups (broad SMARTS) is 1. The van der Waals surface area contributed by atoms with Crippen molar-refractivity contribution in [1.29, 1.82) is 0 Å². The van der Waals surface area contributed by atoms with Crippen LogP contribution in [0, 0.1) is 13.8 Å². The van der Waals surface area contributed by atoms with E-state index in [2.05, 4.69) is 4.98 Å². The van der Waals surface area contributed by atoms with Crippen molar-refractivity contribution < 1.29 is 25.2 Å². The molecule has 0 saturated heterocycles. The first-order chi connectivity index (χ1) is 11.7. The predicted molar refractivity (Wildman–Crippen MR) is 90.7 cm³/mol. The number of benzene rings is 1. The fourth-order valence-electron chi connectivity index (χ4n) is 2.61. The van der Waals surface area contributed by atoms with Gasteiger partial charge in [-0.25, -0.2) is 9.78 Å². The number of aliphatic hydroxyl groups is 3. The molecule has 0 saturated carbocycles. The van der Waals surface area contributed by atoms with E-state index in [-0.39, 0.29) is 13.0 Å². The Balaban J connectivity index is 2.64. The van der Waals surface area contributed by atoms with Crippen LogP contribution in [-0.4, -0.2) is 54.3 Å². The van der Waals surface area contributed by atoms with E-state index in [1.165, 1.54) is 0 Å². The molecule has 0 fully saturated rings. The lowest BCUT2D eigenvalue weighted by Gasteiger charge is -2.23. The molecule has 0 amide bonds. The third-order valence-corrected chi connectivity index (χ3v) is 4.34. The summed E-state index contributed by atoms with van der Waals surface area (Å²) in [6.45, 7) is 4.95. The minimum absolute atomic E-state index is 0.225.